The Bertz CT molecular complexity index is 1670. The third-order valence-electron chi connectivity index (χ3n) is 8.73. The van der Waals surface area contributed by atoms with Gasteiger partial charge in [0, 0.05) is 29.3 Å². The van der Waals surface area contributed by atoms with Crippen molar-refractivity contribution in [3.63, 3.8) is 0 Å². The lowest BCUT2D eigenvalue weighted by Crippen LogP contribution is -2.58. The molecule has 3 N–H and O–H groups in total. The van der Waals surface area contributed by atoms with E-state index in [0.29, 0.717) is 18.5 Å². The molecule has 2 heterocycles. The van der Waals surface area contributed by atoms with Gasteiger partial charge in [-0.15, -0.1) is 12.4 Å². The van der Waals surface area contributed by atoms with Crippen molar-refractivity contribution in [2.75, 3.05) is 11.3 Å². The Balaban J connectivity index is 0.00000384. The fraction of sp³-hybridized carbons (Fsp3) is 0.433. The first kappa shape index (κ1) is 32.0. The minimum absolute atomic E-state index is 0. The maximum absolute atomic E-state index is 14.2. The van der Waals surface area contributed by atoms with Gasteiger partial charge in [-0.05, 0) is 75.3 Å². The average molecular weight is 652 g/mol. The molecule has 44 heavy (non-hydrogen) atoms. The Morgan fingerprint density at radius 3 is 2.34 bits per heavy atom. The smallest absolute Gasteiger partial charge is 0.394 e. The molecule has 1 amide bonds. The maximum Gasteiger partial charge on any atom is 0.394 e. The van der Waals surface area contributed by atoms with Crippen molar-refractivity contribution in [2.24, 2.45) is 11.1 Å². The number of fused-ring (bicyclic) bond motifs is 4. The number of nitrogens with two attached hydrogens (primary N) is 1. The summed E-state index contributed by atoms with van der Waals surface area (Å²) in [6.45, 7) is 3.49. The van der Waals surface area contributed by atoms with Gasteiger partial charge >= 0.3 is 6.18 Å². The van der Waals surface area contributed by atoms with E-state index in [2.05, 4.69) is 14.7 Å². The summed E-state index contributed by atoms with van der Waals surface area (Å²) in [7, 11) is -4.26. The summed E-state index contributed by atoms with van der Waals surface area (Å²) in [5.41, 5.74) is 7.04. The highest BCUT2D eigenvalue weighted by Crippen LogP contribution is 2.61. The Kier molecular flexibility index (Phi) is 8.36. The molecule has 0 radical (unpaired) electrons. The number of carbonyl (C=O) groups excluding carboxylic acids is 1. The van der Waals surface area contributed by atoms with Crippen molar-refractivity contribution < 1.29 is 31.1 Å². The number of aromatic nitrogens is 2. The molecule has 9 nitrogen and oxygen atoms in total. The largest absolute Gasteiger partial charge is 0.475 e. The van der Waals surface area contributed by atoms with Gasteiger partial charge in [0.25, 0.3) is 15.9 Å². The molecule has 1 aliphatic heterocycles. The summed E-state index contributed by atoms with van der Waals surface area (Å²) in [5, 5.41) is 0. The summed E-state index contributed by atoms with van der Waals surface area (Å²) in [6, 6.07) is 11.0. The molecule has 1 aromatic heterocycles. The van der Waals surface area contributed by atoms with Gasteiger partial charge in [-0.25, -0.2) is 18.1 Å². The predicted molar refractivity (Wildman–Crippen MR) is 160 cm³/mol. The van der Waals surface area contributed by atoms with Crippen LogP contribution in [0.25, 0.3) is 11.3 Å². The van der Waals surface area contributed by atoms with Crippen LogP contribution in [0.5, 0.6) is 5.88 Å². The van der Waals surface area contributed by atoms with Gasteiger partial charge in [0.2, 0.25) is 11.8 Å². The molecule has 2 saturated carbocycles. The molecule has 14 heteroatoms. The quantitative estimate of drug-likeness (QED) is 0.386. The summed E-state index contributed by atoms with van der Waals surface area (Å²) in [5.74, 6) is -0.872. The number of ether oxygens (including phenoxy) is 1. The number of nitrogens with zero attached hydrogens (tertiary/aromatic N) is 3. The van der Waals surface area contributed by atoms with Crippen LogP contribution in [0.15, 0.2) is 53.4 Å². The van der Waals surface area contributed by atoms with Gasteiger partial charge in [-0.2, -0.15) is 18.2 Å². The van der Waals surface area contributed by atoms with Crippen LogP contribution in [0.1, 0.15) is 53.6 Å². The molecule has 4 bridgehead atoms. The van der Waals surface area contributed by atoms with Gasteiger partial charge in [-0.1, -0.05) is 24.3 Å². The SMILES string of the molecule is Cc1cccc(C)c1-c1cc2nc(n1)NS(=O)(=O)c1cccc(c1)C(=O)N(C1CC(N)C1)[C@H](CC1(C(F)(F)F)CC1)CO2.Cl. The molecular weight excluding hydrogens is 619 g/mol. The van der Waals surface area contributed by atoms with E-state index in [1.807, 2.05) is 32.0 Å². The Labute approximate surface area is 259 Å². The van der Waals surface area contributed by atoms with Crippen molar-refractivity contribution >= 4 is 34.3 Å². The number of halogens is 4. The molecule has 2 aliphatic carbocycles. The Morgan fingerprint density at radius 2 is 1.73 bits per heavy atom. The zero-order chi connectivity index (χ0) is 30.7. The van der Waals surface area contributed by atoms with E-state index in [9.17, 15) is 26.4 Å². The van der Waals surface area contributed by atoms with Gasteiger partial charge in [0.05, 0.1) is 22.0 Å². The van der Waals surface area contributed by atoms with Crippen LogP contribution in [-0.4, -0.2) is 60.1 Å². The highest BCUT2D eigenvalue weighted by atomic mass is 35.5. The number of sulfonamides is 1. The lowest BCUT2D eigenvalue weighted by molar-refractivity contribution is -0.193. The number of benzene rings is 2. The molecule has 2 fully saturated rings. The number of nitrogens with one attached hydrogen (secondary N) is 1. The maximum atomic E-state index is 14.2. The van der Waals surface area contributed by atoms with E-state index in [-0.39, 0.29) is 66.6 Å². The molecule has 2 aromatic carbocycles. The number of hydrogen-bond donors (Lipinski definition) is 2. The molecule has 3 aromatic rings. The van der Waals surface area contributed by atoms with Crippen LogP contribution in [0.3, 0.4) is 0 Å². The van der Waals surface area contributed by atoms with Crippen molar-refractivity contribution in [2.45, 2.75) is 75.1 Å². The predicted octanol–water partition coefficient (Wildman–Crippen LogP) is 5.41. The summed E-state index contributed by atoms with van der Waals surface area (Å²) in [4.78, 5) is 24.0. The zero-order valence-electron chi connectivity index (χ0n) is 24.1. The second-order valence-corrected chi connectivity index (χ2v) is 13.5. The Hall–Kier alpha value is -3.42. The zero-order valence-corrected chi connectivity index (χ0v) is 25.7. The molecule has 0 spiro atoms. The van der Waals surface area contributed by atoms with Crippen molar-refractivity contribution in [3.8, 4) is 17.1 Å². The van der Waals surface area contributed by atoms with E-state index >= 15 is 0 Å². The minimum Gasteiger partial charge on any atom is -0.475 e. The summed E-state index contributed by atoms with van der Waals surface area (Å²) in [6.07, 6.45) is -4.05. The van der Waals surface area contributed by atoms with Gasteiger partial charge in [0.15, 0.2) is 0 Å². The van der Waals surface area contributed by atoms with Crippen LogP contribution in [0.4, 0.5) is 19.1 Å². The lowest BCUT2D eigenvalue weighted by atomic mass is 9.83. The van der Waals surface area contributed by atoms with Crippen LogP contribution < -0.4 is 15.2 Å². The molecule has 236 valence electrons. The van der Waals surface area contributed by atoms with E-state index in [0.717, 1.165) is 16.7 Å². The highest BCUT2D eigenvalue weighted by Gasteiger charge is 2.64. The topological polar surface area (TPSA) is 128 Å². The number of alkyl halides is 3. The first-order valence-electron chi connectivity index (χ1n) is 14.1. The average Bonchev–Trinajstić information content (AvgIpc) is 3.71. The number of aryl methyl sites for hydroxylation is 2. The van der Waals surface area contributed by atoms with Crippen molar-refractivity contribution in [1.82, 2.24) is 14.9 Å². The van der Waals surface area contributed by atoms with Crippen molar-refractivity contribution in [3.05, 3.63) is 65.2 Å². The molecule has 1 atom stereocenters. The third kappa shape index (κ3) is 5.96. The number of carbonyl (C=O) groups is 1. The van der Waals surface area contributed by atoms with E-state index < -0.39 is 39.6 Å². The van der Waals surface area contributed by atoms with Gasteiger partial charge < -0.3 is 15.4 Å². The standard InChI is InChI=1S/C30H32F3N5O4S.ClH/c1-17-5-3-6-18(2)26(17)24-14-25-36-28(35-24)37-43(40,41)23-8-4-7-19(11-23)27(39)38(21-12-20(34)13-21)22(16-42-25)15-29(9-10-29)30(31,32)33;/h3-8,11,14,20-22H,9-10,12-13,15-16,34H2,1-2H3,(H,35,36,37);1H/t20?,21?,22-;/m1./s1. The van der Waals surface area contributed by atoms with Crippen LogP contribution >= 0.6 is 12.4 Å². The molecule has 0 unspecified atom stereocenters. The summed E-state index contributed by atoms with van der Waals surface area (Å²) >= 11 is 0. The van der Waals surface area contributed by atoms with E-state index in [1.54, 1.807) is 0 Å². The monoisotopic (exact) mass is 651 g/mol. The highest BCUT2D eigenvalue weighted by molar-refractivity contribution is 7.92. The van der Waals surface area contributed by atoms with Gasteiger partial charge in [0.1, 0.15) is 6.61 Å². The van der Waals surface area contributed by atoms with Crippen LogP contribution in [0, 0.1) is 19.3 Å². The van der Waals surface area contributed by atoms with E-state index in [4.69, 9.17) is 10.5 Å². The van der Waals surface area contributed by atoms with Crippen molar-refractivity contribution in [1.29, 1.82) is 0 Å². The third-order valence-corrected chi connectivity index (χ3v) is 10.1. The fourth-order valence-electron chi connectivity index (χ4n) is 6.13. The summed E-state index contributed by atoms with van der Waals surface area (Å²) < 4.78 is 78.0. The molecule has 3 aliphatic rings. The number of anilines is 1. The fourth-order valence-corrected chi connectivity index (χ4v) is 7.12. The minimum atomic E-state index is -4.45. The van der Waals surface area contributed by atoms with E-state index in [1.165, 1.54) is 35.2 Å². The number of hydrogen-bond acceptors (Lipinski definition) is 7. The lowest BCUT2D eigenvalue weighted by Gasteiger charge is -2.46. The Morgan fingerprint density at radius 1 is 1.07 bits per heavy atom. The molecule has 0 saturated heterocycles. The van der Waals surface area contributed by atoms with Crippen LogP contribution in [-0.2, 0) is 10.0 Å². The first-order chi connectivity index (χ1) is 20.3. The molecule has 6 rings (SSSR count). The normalized spacial score (nSPS) is 23.8. The molecular formula is C30H33ClF3N5O4S. The number of amides is 1. The second-order valence-electron chi connectivity index (χ2n) is 11.9. The van der Waals surface area contributed by atoms with Gasteiger partial charge in [-0.3, -0.25) is 4.79 Å². The number of rotatable bonds is 4. The second kappa shape index (κ2) is 11.5. The first-order valence-corrected chi connectivity index (χ1v) is 15.6. The van der Waals surface area contributed by atoms with Crippen LogP contribution in [0.2, 0.25) is 0 Å².